The van der Waals surface area contributed by atoms with Gasteiger partial charge in [0.25, 0.3) is 0 Å². The summed E-state index contributed by atoms with van der Waals surface area (Å²) in [6, 6.07) is 49.5. The third-order valence-corrected chi connectivity index (χ3v) is 31.9. The Labute approximate surface area is 724 Å². The number of aromatic hydroxyl groups is 2. The molecule has 1 radical (unpaired) electrons. The average Bonchev–Trinajstić information content (AvgIpc) is 1.57. The molecule has 2 N–H and O–H groups in total. The topological polar surface area (TPSA) is 68.8 Å². The van der Waals surface area contributed by atoms with Crippen LogP contribution in [0.25, 0.3) is 77.2 Å². The van der Waals surface area contributed by atoms with Crippen LogP contribution in [0, 0.1) is 62.4 Å². The van der Waals surface area contributed by atoms with Crippen molar-refractivity contribution >= 4 is 70.1 Å². The predicted octanol–water partition coefficient (Wildman–Crippen LogP) is 30.3. The van der Waals surface area contributed by atoms with E-state index in [9.17, 15) is 10.2 Å². The van der Waals surface area contributed by atoms with Gasteiger partial charge in [0.2, 0.25) is 0 Å². The van der Waals surface area contributed by atoms with E-state index in [0.717, 1.165) is 91.2 Å². The van der Waals surface area contributed by atoms with E-state index in [4.69, 9.17) is 9.47 Å². The van der Waals surface area contributed by atoms with Gasteiger partial charge in [-0.25, -0.2) is 0 Å². The van der Waals surface area contributed by atoms with Gasteiger partial charge in [0.05, 0.1) is 62.8 Å². The van der Waals surface area contributed by atoms with Crippen LogP contribution < -0.4 is 19.8 Å². The molecule has 0 fully saturated rings. The number of hydrogen-bond acceptors (Lipinski definition) is 4. The van der Waals surface area contributed by atoms with Crippen molar-refractivity contribution in [2.75, 3.05) is 13.2 Å². The molecule has 114 heavy (non-hydrogen) atoms. The van der Waals surface area contributed by atoms with Gasteiger partial charge in [-0.1, -0.05) is 365 Å². The third kappa shape index (κ3) is 21.1. The first-order valence-corrected chi connectivity index (χ1v) is 50.3. The number of fused-ring (bicyclic) bond motifs is 6. The van der Waals surface area contributed by atoms with E-state index in [2.05, 4.69) is 337 Å². The van der Waals surface area contributed by atoms with Crippen molar-refractivity contribution in [2.45, 2.75) is 347 Å². The van der Waals surface area contributed by atoms with E-state index in [1.165, 1.54) is 154 Å². The molecule has 0 aliphatic carbocycles. The van der Waals surface area contributed by atoms with Crippen LogP contribution in [0.1, 0.15) is 307 Å². The molecular weight excluding hydrogens is 1570 g/mol. The van der Waals surface area contributed by atoms with Crippen molar-refractivity contribution in [2.24, 2.45) is 10.8 Å². The number of ether oxygens (including phenoxy) is 2. The molecule has 0 aliphatic heterocycles. The van der Waals surface area contributed by atoms with Crippen LogP contribution in [0.2, 0.25) is 38.3 Å². The van der Waals surface area contributed by atoms with Crippen LogP contribution in [0.15, 0.2) is 121 Å². The summed E-state index contributed by atoms with van der Waals surface area (Å²) in [5, 5.41) is 35.4. The second-order valence-electron chi connectivity index (χ2n) is 43.8. The van der Waals surface area contributed by atoms with E-state index < -0.39 is 16.1 Å². The van der Waals surface area contributed by atoms with Gasteiger partial charge in [-0.05, 0) is 163 Å². The zero-order valence-corrected chi connectivity index (χ0v) is 80.8. The van der Waals surface area contributed by atoms with Gasteiger partial charge in [0.1, 0.15) is 23.0 Å². The first-order valence-electron chi connectivity index (χ1n) is 43.9. The minimum Gasteiger partial charge on any atom is -0.505 e. The van der Waals surface area contributed by atoms with Crippen LogP contribution in [0.3, 0.4) is 0 Å². The Morgan fingerprint density at radius 1 is 0.325 bits per heavy atom. The van der Waals surface area contributed by atoms with Crippen LogP contribution >= 0.6 is 0 Å². The van der Waals surface area contributed by atoms with Crippen molar-refractivity contribution in [1.82, 2.24) is 9.13 Å². The summed E-state index contributed by atoms with van der Waals surface area (Å²) in [5.74, 6) is 2.12. The summed E-state index contributed by atoms with van der Waals surface area (Å²) < 4.78 is 19.7. The number of rotatable bonds is 30. The predicted molar refractivity (Wildman–Crippen MR) is 500 cm³/mol. The molecule has 9 heteroatoms. The first-order chi connectivity index (χ1) is 52.4. The molecule has 0 aliphatic rings. The second kappa shape index (κ2) is 35.3. The van der Waals surface area contributed by atoms with Crippen LogP contribution in [-0.4, -0.2) is 48.7 Å². The van der Waals surface area contributed by atoms with E-state index in [1.807, 2.05) is 0 Å². The summed E-state index contributed by atoms with van der Waals surface area (Å²) in [7, 11) is -4.15. The monoisotopic (exact) mass is 1720 g/mol. The molecule has 0 atom stereocenters. The standard InChI is InChI=1S/C105H150N2O4Si2.Ho/c1-31-33-35-37-39-41-54-112(27,28)78-56-70(3)96(86(66-78)84-58-76(104(23,24)68-98(5,6)7)64-92(94(84)108)106-88-60-72(100(11,12)13)44-48-80(88)81-49-45-73(61-89(81)106)101(14,15)16)110-52-43-53-111-97-71(4)57-79(113(29,30)55-42-40-38-36-34-32-2)67-87(97)85-59-77(105(25,26)69-99(8,9)10)65-93(95(85)109)107-90-62-74(102(17,18)19)46-50-82(90)83-51-47-75(63-91(83)107)103(20,21)22;/h44-51,56-67,108-109H,31-43,52-55,68-69H2,1-30H3;. The smallest absolute Gasteiger partial charge is 0.147 e. The van der Waals surface area contributed by atoms with Gasteiger partial charge >= 0.3 is 0 Å². The second-order valence-corrected chi connectivity index (χ2v) is 53.5. The van der Waals surface area contributed by atoms with E-state index in [0.29, 0.717) is 19.6 Å². The molecule has 6 nitrogen and oxygen atoms in total. The number of phenols is 2. The number of aromatic nitrogens is 2. The summed E-state index contributed by atoms with van der Waals surface area (Å²) in [6.07, 6.45) is 17.6. The van der Waals surface area contributed by atoms with Gasteiger partial charge in [-0.15, -0.1) is 0 Å². The molecule has 10 rings (SSSR count). The Kier molecular flexibility index (Phi) is 28.5. The molecule has 0 unspecified atom stereocenters. The Morgan fingerprint density at radius 2 is 0.605 bits per heavy atom. The number of unbranched alkanes of at least 4 members (excludes halogenated alkanes) is 10. The Bertz CT molecular complexity index is 4590. The average molecular weight is 1730 g/mol. The fourth-order valence-electron chi connectivity index (χ4n) is 18.6. The summed E-state index contributed by atoms with van der Waals surface area (Å²) in [5.41, 5.74) is 17.9. The van der Waals surface area contributed by atoms with Crippen molar-refractivity contribution in [3.8, 4) is 56.6 Å². The first kappa shape index (κ1) is 92.1. The Morgan fingerprint density at radius 3 is 0.877 bits per heavy atom. The summed E-state index contributed by atoms with van der Waals surface area (Å²) in [6.45, 7) is 71.4. The maximum absolute atomic E-state index is 14.0. The van der Waals surface area contributed by atoms with Crippen LogP contribution in [-0.2, 0) is 32.5 Å². The maximum Gasteiger partial charge on any atom is 0.147 e. The number of nitrogens with zero attached hydrogens (tertiary/aromatic N) is 2. The molecule has 0 saturated heterocycles. The van der Waals surface area contributed by atoms with Crippen molar-refractivity contribution in [3.05, 3.63) is 166 Å². The molecule has 10 aromatic rings. The zero-order chi connectivity index (χ0) is 83.3. The van der Waals surface area contributed by atoms with Crippen LogP contribution in [0.5, 0.6) is 23.0 Å². The quantitative estimate of drug-likeness (QED) is 0.0348. The minimum atomic E-state index is -2.07. The van der Waals surface area contributed by atoms with Crippen molar-refractivity contribution in [3.63, 3.8) is 0 Å². The van der Waals surface area contributed by atoms with Gasteiger partial charge in [-0.3, -0.25) is 0 Å². The number of hydrogen-bond donors (Lipinski definition) is 2. The van der Waals surface area contributed by atoms with Crippen molar-refractivity contribution in [1.29, 1.82) is 0 Å². The van der Waals surface area contributed by atoms with Crippen LogP contribution in [0.4, 0.5) is 0 Å². The number of phenolic OH excluding ortho intramolecular Hbond substituents is 2. The fourth-order valence-corrected chi connectivity index (χ4v) is 23.7. The van der Waals surface area contributed by atoms with Gasteiger partial charge in [0.15, 0.2) is 0 Å². The summed E-state index contributed by atoms with van der Waals surface area (Å²) >= 11 is 0. The molecule has 0 bridgehead atoms. The van der Waals surface area contributed by atoms with E-state index in [-0.39, 0.29) is 92.6 Å². The molecule has 8 aromatic carbocycles. The Hall–Kier alpha value is -5.75. The maximum atomic E-state index is 14.0. The Balaban J connectivity index is 0.0000149. The SMILES string of the molecule is CCCCCCCC[Si](C)(C)c1cc(C)c(OCCCOc2c(C)cc([Si](C)(C)CCCCCCCC)cc2-c2cc(C(C)(C)CC(C)(C)C)cc(-n3c4cc(C(C)(C)C)ccc4c4ccc(C(C)(C)C)cc43)c2O)c(-c2cc(C(C)(C)CC(C)(C)C)cc(-n3c4cc(C(C)(C)C)ccc4c4ccc(C(C)(C)C)cc43)c2O)c1.[Ho]. The normalized spacial score (nSPS) is 13.3. The molecule has 2 aromatic heterocycles. The van der Waals surface area contributed by atoms with Gasteiger partial charge in [0, 0.05) is 88.0 Å². The molecular formula is C105H150HoN2O4Si2. The zero-order valence-electron chi connectivity index (χ0n) is 76.9. The summed E-state index contributed by atoms with van der Waals surface area (Å²) in [4.78, 5) is 0. The van der Waals surface area contributed by atoms with Gasteiger partial charge < -0.3 is 28.8 Å². The largest absolute Gasteiger partial charge is 0.505 e. The number of benzene rings is 8. The molecule has 0 saturated carbocycles. The van der Waals surface area contributed by atoms with Gasteiger partial charge in [-0.2, -0.15) is 0 Å². The van der Waals surface area contributed by atoms with E-state index >= 15 is 0 Å². The number of aryl methyl sites for hydroxylation is 2. The van der Waals surface area contributed by atoms with E-state index in [1.54, 1.807) is 0 Å². The fraction of sp³-hybridized carbons (Fsp3) is 0.543. The van der Waals surface area contributed by atoms with Crippen molar-refractivity contribution < 1.29 is 57.4 Å². The third-order valence-electron chi connectivity index (χ3n) is 25.0. The molecule has 0 spiro atoms. The molecule has 623 valence electrons. The minimum absolute atomic E-state index is 0. The molecule has 2 heterocycles. The molecule has 0 amide bonds.